The summed E-state index contributed by atoms with van der Waals surface area (Å²) >= 11 is 1.64. The lowest BCUT2D eigenvalue weighted by Crippen LogP contribution is -2.22. The maximum Gasteiger partial charge on any atom is 0.320 e. The lowest BCUT2D eigenvalue weighted by Gasteiger charge is -2.16. The summed E-state index contributed by atoms with van der Waals surface area (Å²) in [6.07, 6.45) is 3.88. The van der Waals surface area contributed by atoms with Crippen molar-refractivity contribution in [1.82, 2.24) is 19.5 Å². The molecular formula is C20H31N5O2SSi. The summed E-state index contributed by atoms with van der Waals surface area (Å²) < 4.78 is 13.8. The van der Waals surface area contributed by atoms with Crippen molar-refractivity contribution in [2.45, 2.75) is 59.1 Å². The van der Waals surface area contributed by atoms with Gasteiger partial charge in [0.05, 0.1) is 17.7 Å². The summed E-state index contributed by atoms with van der Waals surface area (Å²) in [5, 5.41) is 1.71. The van der Waals surface area contributed by atoms with Crippen LogP contribution in [0.3, 0.4) is 0 Å². The van der Waals surface area contributed by atoms with Crippen molar-refractivity contribution in [2.24, 2.45) is 0 Å². The molecule has 3 heterocycles. The van der Waals surface area contributed by atoms with Gasteiger partial charge in [-0.2, -0.15) is 9.97 Å². The first-order chi connectivity index (χ1) is 13.8. The number of nitrogens with zero attached hydrogens (tertiary/aromatic N) is 4. The number of nitrogen functional groups attached to an aromatic ring is 1. The highest BCUT2D eigenvalue weighted by molar-refractivity contribution is 7.14. The predicted molar refractivity (Wildman–Crippen MR) is 122 cm³/mol. The molecule has 29 heavy (non-hydrogen) atoms. The van der Waals surface area contributed by atoms with E-state index < -0.39 is 8.07 Å². The molecule has 0 atom stereocenters. The largest absolute Gasteiger partial charge is 0.463 e. The van der Waals surface area contributed by atoms with Crippen molar-refractivity contribution >= 4 is 36.3 Å². The quantitative estimate of drug-likeness (QED) is 0.360. The molecule has 3 aromatic rings. The molecule has 2 N–H and O–H groups in total. The smallest absolute Gasteiger partial charge is 0.320 e. The predicted octanol–water partition coefficient (Wildman–Crippen LogP) is 4.94. The molecule has 0 aliphatic carbocycles. The van der Waals surface area contributed by atoms with E-state index in [0.29, 0.717) is 25.2 Å². The van der Waals surface area contributed by atoms with Gasteiger partial charge in [-0.25, -0.2) is 4.98 Å². The summed E-state index contributed by atoms with van der Waals surface area (Å²) in [6.45, 7) is 12.9. The Morgan fingerprint density at radius 3 is 2.66 bits per heavy atom. The lowest BCUT2D eigenvalue weighted by atomic mass is 10.3. The number of aryl methyl sites for hydroxylation is 1. The van der Waals surface area contributed by atoms with Crippen molar-refractivity contribution in [3.8, 4) is 16.7 Å². The molecule has 0 aromatic carbocycles. The van der Waals surface area contributed by atoms with E-state index in [9.17, 15) is 0 Å². The van der Waals surface area contributed by atoms with Crippen molar-refractivity contribution in [1.29, 1.82) is 0 Å². The average Bonchev–Trinajstić information content (AvgIpc) is 3.22. The van der Waals surface area contributed by atoms with Gasteiger partial charge >= 0.3 is 6.01 Å². The molecule has 0 bridgehead atoms. The summed E-state index contributed by atoms with van der Waals surface area (Å²) in [7, 11) is -1.15. The van der Waals surface area contributed by atoms with Gasteiger partial charge in [0.2, 0.25) is 0 Å². The van der Waals surface area contributed by atoms with Crippen LogP contribution in [0.2, 0.25) is 25.7 Å². The fourth-order valence-corrected chi connectivity index (χ4v) is 4.36. The van der Waals surface area contributed by atoms with Crippen LogP contribution in [-0.2, 0) is 11.5 Å². The van der Waals surface area contributed by atoms with E-state index in [4.69, 9.17) is 15.2 Å². The van der Waals surface area contributed by atoms with Crippen LogP contribution in [0, 0.1) is 6.92 Å². The SMILES string of the molecule is CCCCOc1nc(N)c2cc(-c3ncc(C)s3)n(COCC[Si](C)(C)C)c2n1. The molecule has 0 aliphatic heterocycles. The zero-order valence-electron chi connectivity index (χ0n) is 18.0. The summed E-state index contributed by atoms with van der Waals surface area (Å²) in [4.78, 5) is 14.7. The number of aromatic nitrogens is 4. The molecule has 158 valence electrons. The van der Waals surface area contributed by atoms with Gasteiger partial charge in [-0.3, -0.25) is 4.57 Å². The molecule has 0 radical (unpaired) electrons. The Hall–Kier alpha value is -1.97. The molecule has 9 heteroatoms. The highest BCUT2D eigenvalue weighted by Gasteiger charge is 2.19. The molecule has 0 amide bonds. The van der Waals surface area contributed by atoms with Crippen LogP contribution < -0.4 is 10.5 Å². The first-order valence-electron chi connectivity index (χ1n) is 10.1. The van der Waals surface area contributed by atoms with Crippen LogP contribution >= 0.6 is 11.3 Å². The molecular weight excluding hydrogens is 402 g/mol. The third-order valence-corrected chi connectivity index (χ3v) is 7.19. The molecule has 3 aromatic heterocycles. The zero-order chi connectivity index (χ0) is 21.0. The molecule has 0 unspecified atom stereocenters. The van der Waals surface area contributed by atoms with E-state index in [2.05, 4.69) is 41.5 Å². The minimum absolute atomic E-state index is 0.312. The van der Waals surface area contributed by atoms with E-state index >= 15 is 0 Å². The lowest BCUT2D eigenvalue weighted by molar-refractivity contribution is 0.0908. The molecule has 0 aliphatic rings. The fourth-order valence-electron chi connectivity index (χ4n) is 2.81. The fraction of sp³-hybridized carbons (Fsp3) is 0.550. The minimum atomic E-state index is -1.15. The third-order valence-electron chi connectivity index (χ3n) is 4.55. The van der Waals surface area contributed by atoms with Gasteiger partial charge in [-0.15, -0.1) is 11.3 Å². The van der Waals surface area contributed by atoms with E-state index in [1.54, 1.807) is 11.3 Å². The van der Waals surface area contributed by atoms with Gasteiger partial charge in [0.1, 0.15) is 17.6 Å². The third kappa shape index (κ3) is 5.55. The summed E-state index contributed by atoms with van der Waals surface area (Å²) in [6, 6.07) is 3.42. The number of nitrogens with two attached hydrogens (primary N) is 1. The Labute approximate surface area is 177 Å². The molecule has 0 saturated carbocycles. The summed E-state index contributed by atoms with van der Waals surface area (Å²) in [5.41, 5.74) is 7.91. The van der Waals surface area contributed by atoms with Crippen LogP contribution in [0.25, 0.3) is 21.7 Å². The normalized spacial score (nSPS) is 12.0. The Morgan fingerprint density at radius 2 is 2.00 bits per heavy atom. The van der Waals surface area contributed by atoms with E-state index in [-0.39, 0.29) is 0 Å². The van der Waals surface area contributed by atoms with Crippen molar-refractivity contribution in [3.63, 3.8) is 0 Å². The van der Waals surface area contributed by atoms with Crippen molar-refractivity contribution in [3.05, 3.63) is 17.1 Å². The van der Waals surface area contributed by atoms with Gasteiger partial charge in [0.15, 0.2) is 5.65 Å². The van der Waals surface area contributed by atoms with E-state index in [1.165, 1.54) is 0 Å². The second kappa shape index (κ2) is 9.23. The molecule has 7 nitrogen and oxygen atoms in total. The maximum atomic E-state index is 6.24. The minimum Gasteiger partial charge on any atom is -0.463 e. The van der Waals surface area contributed by atoms with Crippen LogP contribution in [-0.4, -0.2) is 40.8 Å². The highest BCUT2D eigenvalue weighted by atomic mass is 32.1. The number of anilines is 1. The molecule has 0 saturated heterocycles. The van der Waals surface area contributed by atoms with Gasteiger partial charge in [-0.1, -0.05) is 33.0 Å². The van der Waals surface area contributed by atoms with Gasteiger partial charge in [0.25, 0.3) is 0 Å². The van der Waals surface area contributed by atoms with Gasteiger partial charge in [0, 0.05) is 25.8 Å². The van der Waals surface area contributed by atoms with Crippen molar-refractivity contribution in [2.75, 3.05) is 18.9 Å². The first kappa shape index (κ1) is 21.7. The van der Waals surface area contributed by atoms with Crippen LogP contribution in [0.5, 0.6) is 6.01 Å². The van der Waals surface area contributed by atoms with Gasteiger partial charge in [-0.05, 0) is 25.5 Å². The number of hydrogen-bond acceptors (Lipinski definition) is 7. The average molecular weight is 434 g/mol. The Morgan fingerprint density at radius 1 is 1.21 bits per heavy atom. The van der Waals surface area contributed by atoms with Crippen LogP contribution in [0.4, 0.5) is 5.82 Å². The number of rotatable bonds is 10. The number of thiazole rings is 1. The Kier molecular flexibility index (Phi) is 6.92. The van der Waals surface area contributed by atoms with Crippen LogP contribution in [0.1, 0.15) is 24.6 Å². The topological polar surface area (TPSA) is 88.1 Å². The second-order valence-corrected chi connectivity index (χ2v) is 15.3. The Balaban J connectivity index is 1.95. The Bertz CT molecular complexity index is 964. The number of hydrogen-bond donors (Lipinski definition) is 1. The number of fused-ring (bicyclic) bond motifs is 1. The second-order valence-electron chi connectivity index (χ2n) is 8.41. The van der Waals surface area contributed by atoms with Crippen LogP contribution in [0.15, 0.2) is 12.3 Å². The van der Waals surface area contributed by atoms with E-state index in [0.717, 1.165) is 52.1 Å². The molecule has 3 rings (SSSR count). The summed E-state index contributed by atoms with van der Waals surface area (Å²) in [5.74, 6) is 0.414. The standard InChI is InChI=1S/C20H31N5O2SSi/c1-6-7-8-27-20-23-17(21)15-11-16(19-22-12-14(2)28-19)25(18(15)24-20)13-26-9-10-29(3,4)5/h11-12H,6-10,13H2,1-5H3,(H2,21,23,24). The first-order valence-corrected chi connectivity index (χ1v) is 14.6. The zero-order valence-corrected chi connectivity index (χ0v) is 19.8. The van der Waals surface area contributed by atoms with E-state index in [1.807, 2.05) is 23.8 Å². The number of ether oxygens (including phenoxy) is 2. The van der Waals surface area contributed by atoms with Gasteiger partial charge < -0.3 is 15.2 Å². The van der Waals surface area contributed by atoms with Crippen molar-refractivity contribution < 1.29 is 9.47 Å². The molecule has 0 fully saturated rings. The maximum absolute atomic E-state index is 6.24. The number of unbranched alkanes of at least 4 members (excludes halogenated alkanes) is 1. The highest BCUT2D eigenvalue weighted by Crippen LogP contribution is 2.33. The molecule has 0 spiro atoms. The monoisotopic (exact) mass is 433 g/mol.